The number of benzene rings is 1. The van der Waals surface area contributed by atoms with Crippen LogP contribution >= 0.6 is 0 Å². The highest BCUT2D eigenvalue weighted by molar-refractivity contribution is 5.92. The maximum atomic E-state index is 12.4. The third-order valence-electron chi connectivity index (χ3n) is 6.23. The first kappa shape index (κ1) is 18.2. The molecular weight excluding hydrogens is 338 g/mol. The molecule has 2 aliphatic carbocycles. The Morgan fingerprint density at radius 3 is 2.78 bits per heavy atom. The van der Waals surface area contributed by atoms with Crippen molar-refractivity contribution in [2.75, 3.05) is 13.6 Å². The van der Waals surface area contributed by atoms with Crippen LogP contribution in [0.2, 0.25) is 0 Å². The zero-order valence-corrected chi connectivity index (χ0v) is 16.1. The first-order valence-electron chi connectivity index (χ1n) is 10.1. The van der Waals surface area contributed by atoms with Gasteiger partial charge in [0.2, 0.25) is 0 Å². The van der Waals surface area contributed by atoms with Gasteiger partial charge >= 0.3 is 0 Å². The summed E-state index contributed by atoms with van der Waals surface area (Å²) in [5, 5.41) is 7.03. The number of aromatic nitrogens is 1. The van der Waals surface area contributed by atoms with Gasteiger partial charge in [-0.2, -0.15) is 0 Å². The lowest BCUT2D eigenvalue weighted by molar-refractivity contribution is 0.0940. The van der Waals surface area contributed by atoms with Crippen LogP contribution in [0.4, 0.5) is 0 Å². The molecule has 1 aromatic heterocycles. The van der Waals surface area contributed by atoms with Crippen molar-refractivity contribution in [1.82, 2.24) is 15.4 Å². The quantitative estimate of drug-likeness (QED) is 0.803. The van der Waals surface area contributed by atoms with Gasteiger partial charge in [0.15, 0.2) is 11.5 Å². The lowest BCUT2D eigenvalue weighted by Gasteiger charge is -2.22. The molecule has 5 nitrogen and oxygen atoms in total. The maximum Gasteiger partial charge on any atom is 0.273 e. The number of carbonyl (C=O) groups excluding carboxylic acids is 1. The molecule has 5 heteroatoms. The Morgan fingerprint density at radius 1 is 1.22 bits per heavy atom. The Balaban J connectivity index is 1.24. The smallest absolute Gasteiger partial charge is 0.273 e. The lowest BCUT2D eigenvalue weighted by atomic mass is 9.84. The summed E-state index contributed by atoms with van der Waals surface area (Å²) in [5.74, 6) is 1.26. The fraction of sp³-hybridized carbons (Fsp3) is 0.545. The van der Waals surface area contributed by atoms with E-state index < -0.39 is 0 Å². The van der Waals surface area contributed by atoms with E-state index in [2.05, 4.69) is 27.5 Å². The highest BCUT2D eigenvalue weighted by Gasteiger charge is 2.53. The van der Waals surface area contributed by atoms with Crippen molar-refractivity contribution in [3.05, 3.63) is 53.4 Å². The molecular formula is C22H29N3O2. The van der Waals surface area contributed by atoms with Gasteiger partial charge in [0.1, 0.15) is 0 Å². The van der Waals surface area contributed by atoms with Crippen molar-refractivity contribution in [2.45, 2.75) is 51.6 Å². The van der Waals surface area contributed by atoms with Gasteiger partial charge in [-0.05, 0) is 43.2 Å². The van der Waals surface area contributed by atoms with Crippen LogP contribution in [-0.4, -0.2) is 29.6 Å². The summed E-state index contributed by atoms with van der Waals surface area (Å²) >= 11 is 0. The highest BCUT2D eigenvalue weighted by atomic mass is 16.5. The van der Waals surface area contributed by atoms with E-state index in [0.717, 1.165) is 13.1 Å². The SMILES string of the molecule is CN(Cc1ccccc1)Cc1cc(C(=O)NC[C@H]2CC23CCCCC3)no1. The molecule has 0 saturated heterocycles. The minimum Gasteiger partial charge on any atom is -0.359 e. The second-order valence-corrected chi connectivity index (χ2v) is 8.37. The molecule has 2 aliphatic rings. The van der Waals surface area contributed by atoms with E-state index in [1.807, 2.05) is 25.2 Å². The van der Waals surface area contributed by atoms with Crippen LogP contribution in [0.3, 0.4) is 0 Å². The van der Waals surface area contributed by atoms with Gasteiger partial charge in [-0.3, -0.25) is 9.69 Å². The van der Waals surface area contributed by atoms with E-state index in [4.69, 9.17) is 4.52 Å². The summed E-state index contributed by atoms with van der Waals surface area (Å²) in [6, 6.07) is 12.1. The molecule has 0 radical (unpaired) electrons. The second-order valence-electron chi connectivity index (χ2n) is 8.37. The molecule has 2 saturated carbocycles. The van der Waals surface area contributed by atoms with Crippen LogP contribution in [0.5, 0.6) is 0 Å². The number of hydrogen-bond acceptors (Lipinski definition) is 4. The molecule has 1 N–H and O–H groups in total. The van der Waals surface area contributed by atoms with E-state index >= 15 is 0 Å². The number of carbonyl (C=O) groups is 1. The largest absolute Gasteiger partial charge is 0.359 e. The predicted octanol–water partition coefficient (Wildman–Crippen LogP) is 4.01. The molecule has 1 aromatic carbocycles. The Hall–Kier alpha value is -2.14. The summed E-state index contributed by atoms with van der Waals surface area (Å²) < 4.78 is 5.37. The van der Waals surface area contributed by atoms with Crippen molar-refractivity contribution in [2.24, 2.45) is 11.3 Å². The molecule has 4 rings (SSSR count). The molecule has 0 bridgehead atoms. The van der Waals surface area contributed by atoms with E-state index in [9.17, 15) is 4.79 Å². The predicted molar refractivity (Wildman–Crippen MR) is 104 cm³/mol. The lowest BCUT2D eigenvalue weighted by Crippen LogP contribution is -2.27. The Bertz CT molecular complexity index is 765. The molecule has 0 aliphatic heterocycles. The van der Waals surface area contributed by atoms with Crippen molar-refractivity contribution < 1.29 is 9.32 Å². The molecule has 0 unspecified atom stereocenters. The molecule has 2 aromatic rings. The molecule has 1 amide bonds. The normalized spacial score (nSPS) is 20.7. The van der Waals surface area contributed by atoms with Gasteiger partial charge in [-0.1, -0.05) is 54.8 Å². The van der Waals surface area contributed by atoms with Crippen LogP contribution < -0.4 is 5.32 Å². The van der Waals surface area contributed by atoms with E-state index in [0.29, 0.717) is 29.3 Å². The highest BCUT2D eigenvalue weighted by Crippen LogP contribution is 2.60. The Morgan fingerprint density at radius 2 is 2.00 bits per heavy atom. The second kappa shape index (κ2) is 7.85. The molecule has 1 atom stereocenters. The Kier molecular flexibility index (Phi) is 5.30. The summed E-state index contributed by atoms with van der Waals surface area (Å²) in [6.45, 7) is 2.22. The molecule has 2 fully saturated rings. The number of amides is 1. The number of nitrogens with one attached hydrogen (secondary N) is 1. The number of rotatable bonds is 7. The standard InChI is InChI=1S/C22H29N3O2/c1-25(15-17-8-4-2-5-9-17)16-19-12-20(24-27-19)21(26)23-14-18-13-22(18)10-6-3-7-11-22/h2,4-5,8-9,12,18H,3,6-7,10-11,13-16H2,1H3,(H,23,26)/t18-/m1/s1. The minimum absolute atomic E-state index is 0.117. The minimum atomic E-state index is -0.117. The third-order valence-corrected chi connectivity index (χ3v) is 6.23. The summed E-state index contributed by atoms with van der Waals surface area (Å²) in [7, 11) is 2.03. The molecule has 144 valence electrons. The monoisotopic (exact) mass is 367 g/mol. The number of hydrogen-bond donors (Lipinski definition) is 1. The number of nitrogens with zero attached hydrogens (tertiary/aromatic N) is 2. The van der Waals surface area contributed by atoms with Crippen molar-refractivity contribution in [3.8, 4) is 0 Å². The fourth-order valence-corrected chi connectivity index (χ4v) is 4.61. The van der Waals surface area contributed by atoms with Crippen LogP contribution in [0, 0.1) is 11.3 Å². The van der Waals surface area contributed by atoms with E-state index in [1.165, 1.54) is 44.1 Å². The van der Waals surface area contributed by atoms with Crippen molar-refractivity contribution in [1.29, 1.82) is 0 Å². The van der Waals surface area contributed by atoms with Crippen LogP contribution in [0.25, 0.3) is 0 Å². The summed E-state index contributed by atoms with van der Waals surface area (Å²) in [5.41, 5.74) is 2.18. The summed E-state index contributed by atoms with van der Waals surface area (Å²) in [6.07, 6.45) is 8.05. The van der Waals surface area contributed by atoms with Crippen molar-refractivity contribution in [3.63, 3.8) is 0 Å². The third kappa shape index (κ3) is 4.41. The van der Waals surface area contributed by atoms with E-state index in [-0.39, 0.29) is 5.91 Å². The van der Waals surface area contributed by atoms with Gasteiger partial charge in [0.25, 0.3) is 5.91 Å². The van der Waals surface area contributed by atoms with Crippen LogP contribution in [-0.2, 0) is 13.1 Å². The first-order chi connectivity index (χ1) is 13.1. The maximum absolute atomic E-state index is 12.4. The van der Waals surface area contributed by atoms with Crippen molar-refractivity contribution >= 4 is 5.91 Å². The Labute approximate surface area is 161 Å². The average molecular weight is 367 g/mol. The van der Waals surface area contributed by atoms with Gasteiger partial charge in [-0.25, -0.2) is 0 Å². The fourth-order valence-electron chi connectivity index (χ4n) is 4.61. The van der Waals surface area contributed by atoms with Gasteiger partial charge in [-0.15, -0.1) is 0 Å². The topological polar surface area (TPSA) is 58.4 Å². The van der Waals surface area contributed by atoms with Crippen LogP contribution in [0.15, 0.2) is 40.9 Å². The molecule has 1 spiro atoms. The van der Waals surface area contributed by atoms with Gasteiger partial charge in [0, 0.05) is 19.2 Å². The zero-order valence-electron chi connectivity index (χ0n) is 16.1. The zero-order chi connectivity index (χ0) is 18.7. The molecule has 27 heavy (non-hydrogen) atoms. The molecule has 1 heterocycles. The van der Waals surface area contributed by atoms with Gasteiger partial charge in [0.05, 0.1) is 6.54 Å². The average Bonchev–Trinajstić information content (AvgIpc) is 3.11. The van der Waals surface area contributed by atoms with Crippen LogP contribution in [0.1, 0.15) is 60.3 Å². The first-order valence-corrected chi connectivity index (χ1v) is 10.1. The summed E-state index contributed by atoms with van der Waals surface area (Å²) in [4.78, 5) is 14.5. The van der Waals surface area contributed by atoms with Gasteiger partial charge < -0.3 is 9.84 Å². The van der Waals surface area contributed by atoms with E-state index in [1.54, 1.807) is 6.07 Å².